The summed E-state index contributed by atoms with van der Waals surface area (Å²) < 4.78 is 4.57. The maximum absolute atomic E-state index is 11.1. The van der Waals surface area contributed by atoms with Crippen LogP contribution in [0.2, 0.25) is 0 Å². The number of nitrogens with zero attached hydrogens (tertiary/aromatic N) is 2. The van der Waals surface area contributed by atoms with Gasteiger partial charge in [-0.3, -0.25) is 0 Å². The van der Waals surface area contributed by atoms with Gasteiger partial charge in [0.2, 0.25) is 0 Å². The maximum Gasteiger partial charge on any atom is 0.339 e. The van der Waals surface area contributed by atoms with E-state index in [-0.39, 0.29) is 6.61 Å². The first-order chi connectivity index (χ1) is 6.77. The lowest BCUT2D eigenvalue weighted by Crippen LogP contribution is -2.04. The first-order valence-corrected chi connectivity index (χ1v) is 3.82. The van der Waals surface area contributed by atoms with E-state index in [9.17, 15) is 4.79 Å². The fraction of sp³-hybridized carbons (Fsp3) is 0.100. The molecule has 0 radical (unpaired) electrons. The van der Waals surface area contributed by atoms with Crippen LogP contribution < -0.4 is 0 Å². The molecular formula is C10H6N2O2. The molecule has 0 saturated heterocycles. The van der Waals surface area contributed by atoms with Gasteiger partial charge in [-0.05, 0) is 24.3 Å². The van der Waals surface area contributed by atoms with Gasteiger partial charge in [-0.25, -0.2) is 4.79 Å². The van der Waals surface area contributed by atoms with Crippen LogP contribution in [-0.2, 0) is 4.74 Å². The number of hydrogen-bond donors (Lipinski definition) is 0. The van der Waals surface area contributed by atoms with Crippen LogP contribution in [0.5, 0.6) is 0 Å². The molecule has 1 aromatic rings. The molecule has 0 spiro atoms. The van der Waals surface area contributed by atoms with Crippen molar-refractivity contribution >= 4 is 5.97 Å². The second-order valence-corrected chi connectivity index (χ2v) is 2.42. The lowest BCUT2D eigenvalue weighted by molar-refractivity contribution is 0.0555. The van der Waals surface area contributed by atoms with E-state index in [1.807, 2.05) is 6.07 Å². The van der Waals surface area contributed by atoms with Crippen molar-refractivity contribution in [1.82, 2.24) is 0 Å². The number of carbonyl (C=O) groups excluding carboxylic acids is 1. The highest BCUT2D eigenvalue weighted by atomic mass is 16.5. The summed E-state index contributed by atoms with van der Waals surface area (Å²) in [5, 5.41) is 16.7. The summed E-state index contributed by atoms with van der Waals surface area (Å²) in [7, 11) is 0. The highest BCUT2D eigenvalue weighted by Crippen LogP contribution is 2.04. The monoisotopic (exact) mass is 186 g/mol. The Morgan fingerprint density at radius 1 is 1.29 bits per heavy atom. The molecule has 0 unspecified atom stereocenters. The van der Waals surface area contributed by atoms with Crippen LogP contribution in [0.15, 0.2) is 24.3 Å². The fourth-order valence-electron chi connectivity index (χ4n) is 0.862. The number of carbonyl (C=O) groups is 1. The molecule has 0 N–H and O–H groups in total. The normalized spacial score (nSPS) is 8.43. The van der Waals surface area contributed by atoms with Crippen LogP contribution in [0.3, 0.4) is 0 Å². The predicted octanol–water partition coefficient (Wildman–Crippen LogP) is 1.24. The summed E-state index contributed by atoms with van der Waals surface area (Å²) in [5.74, 6) is -0.559. The largest absolute Gasteiger partial charge is 0.447 e. The van der Waals surface area contributed by atoms with E-state index in [1.54, 1.807) is 6.07 Å². The van der Waals surface area contributed by atoms with E-state index in [1.165, 1.54) is 24.3 Å². The summed E-state index contributed by atoms with van der Waals surface area (Å²) in [5.41, 5.74) is 0.807. The van der Waals surface area contributed by atoms with Crippen LogP contribution in [-0.4, -0.2) is 12.6 Å². The number of benzene rings is 1. The number of rotatable bonds is 2. The topological polar surface area (TPSA) is 73.9 Å². The summed E-state index contributed by atoms with van der Waals surface area (Å²) in [4.78, 5) is 11.1. The van der Waals surface area contributed by atoms with Gasteiger partial charge in [0.15, 0.2) is 6.61 Å². The molecule has 0 aliphatic carbocycles. The molecule has 0 heterocycles. The Morgan fingerprint density at radius 2 is 1.93 bits per heavy atom. The lowest BCUT2D eigenvalue weighted by Gasteiger charge is -1.99. The molecule has 0 amide bonds. The van der Waals surface area contributed by atoms with Crippen molar-refractivity contribution < 1.29 is 9.53 Å². The third kappa shape index (κ3) is 2.33. The zero-order chi connectivity index (χ0) is 10.4. The van der Waals surface area contributed by atoms with Crippen molar-refractivity contribution in [1.29, 1.82) is 10.5 Å². The molecule has 4 nitrogen and oxygen atoms in total. The first kappa shape index (κ1) is 9.76. The van der Waals surface area contributed by atoms with Crippen molar-refractivity contribution in [3.8, 4) is 12.1 Å². The van der Waals surface area contributed by atoms with Gasteiger partial charge in [-0.15, -0.1) is 0 Å². The molecule has 0 aliphatic heterocycles. The van der Waals surface area contributed by atoms with Crippen molar-refractivity contribution in [2.45, 2.75) is 0 Å². The summed E-state index contributed by atoms with van der Waals surface area (Å²) >= 11 is 0. The maximum atomic E-state index is 11.1. The minimum atomic E-state index is -0.559. The van der Waals surface area contributed by atoms with Gasteiger partial charge in [0.25, 0.3) is 0 Å². The van der Waals surface area contributed by atoms with E-state index in [4.69, 9.17) is 10.5 Å². The Kier molecular flexibility index (Phi) is 3.23. The molecule has 1 rings (SSSR count). The molecule has 0 bridgehead atoms. The Labute approximate surface area is 81.0 Å². The van der Waals surface area contributed by atoms with E-state index in [2.05, 4.69) is 4.74 Å². The summed E-state index contributed by atoms with van der Waals surface area (Å²) in [6, 6.07) is 9.63. The molecule has 0 aliphatic rings. The second kappa shape index (κ2) is 4.64. The van der Waals surface area contributed by atoms with E-state index >= 15 is 0 Å². The van der Waals surface area contributed by atoms with Gasteiger partial charge < -0.3 is 4.74 Å². The Balaban J connectivity index is 2.74. The smallest absolute Gasteiger partial charge is 0.339 e. The molecule has 0 saturated carbocycles. The quantitative estimate of drug-likeness (QED) is 0.651. The van der Waals surface area contributed by atoms with Crippen LogP contribution >= 0.6 is 0 Å². The number of ether oxygens (including phenoxy) is 1. The average molecular weight is 186 g/mol. The van der Waals surface area contributed by atoms with Crippen molar-refractivity contribution in [2.75, 3.05) is 6.61 Å². The molecule has 0 fully saturated rings. The lowest BCUT2D eigenvalue weighted by atomic mass is 10.1. The Morgan fingerprint density at radius 3 is 2.43 bits per heavy atom. The highest BCUT2D eigenvalue weighted by Gasteiger charge is 2.05. The predicted molar refractivity (Wildman–Crippen MR) is 47.1 cm³/mol. The Hall–Kier alpha value is -2.33. The zero-order valence-corrected chi connectivity index (χ0v) is 7.23. The molecule has 0 aromatic heterocycles. The van der Waals surface area contributed by atoms with Crippen LogP contribution in [0, 0.1) is 22.7 Å². The summed E-state index contributed by atoms with van der Waals surface area (Å²) in [6.07, 6.45) is 0. The molecule has 14 heavy (non-hydrogen) atoms. The number of hydrogen-bond acceptors (Lipinski definition) is 4. The third-order valence-corrected chi connectivity index (χ3v) is 1.52. The van der Waals surface area contributed by atoms with E-state index in [0.717, 1.165) is 0 Å². The average Bonchev–Trinajstić information content (AvgIpc) is 2.26. The van der Waals surface area contributed by atoms with Gasteiger partial charge in [0.1, 0.15) is 6.07 Å². The van der Waals surface area contributed by atoms with Crippen molar-refractivity contribution in [3.63, 3.8) is 0 Å². The van der Waals surface area contributed by atoms with Gasteiger partial charge in [-0.1, -0.05) is 0 Å². The molecule has 1 aromatic carbocycles. The molecule has 0 atom stereocenters. The van der Waals surface area contributed by atoms with Gasteiger partial charge >= 0.3 is 5.97 Å². The van der Waals surface area contributed by atoms with Gasteiger partial charge in [-0.2, -0.15) is 10.5 Å². The highest BCUT2D eigenvalue weighted by molar-refractivity contribution is 5.89. The third-order valence-electron chi connectivity index (χ3n) is 1.52. The fourth-order valence-corrected chi connectivity index (χ4v) is 0.862. The van der Waals surface area contributed by atoms with Crippen LogP contribution in [0.25, 0.3) is 0 Å². The minimum Gasteiger partial charge on any atom is -0.447 e. The van der Waals surface area contributed by atoms with Gasteiger partial charge in [0, 0.05) is 0 Å². The van der Waals surface area contributed by atoms with E-state index in [0.29, 0.717) is 11.1 Å². The number of esters is 1. The molecule has 68 valence electrons. The standard InChI is InChI=1S/C10H6N2O2/c11-5-6-14-10(13)9-3-1-8(7-12)2-4-9/h1-4H,6H2. The van der Waals surface area contributed by atoms with Crippen LogP contribution in [0.4, 0.5) is 0 Å². The van der Waals surface area contributed by atoms with Crippen molar-refractivity contribution in [2.24, 2.45) is 0 Å². The summed E-state index contributed by atoms with van der Waals surface area (Å²) in [6.45, 7) is -0.265. The molecule has 4 heteroatoms. The zero-order valence-electron chi connectivity index (χ0n) is 7.23. The molecular weight excluding hydrogens is 180 g/mol. The Bertz CT molecular complexity index is 409. The SMILES string of the molecule is N#CCOC(=O)c1ccc(C#N)cc1. The minimum absolute atomic E-state index is 0.265. The van der Waals surface area contributed by atoms with E-state index < -0.39 is 5.97 Å². The van der Waals surface area contributed by atoms with Gasteiger partial charge in [0.05, 0.1) is 17.2 Å². The van der Waals surface area contributed by atoms with Crippen LogP contribution in [0.1, 0.15) is 15.9 Å². The first-order valence-electron chi connectivity index (χ1n) is 3.82. The number of nitriles is 2. The second-order valence-electron chi connectivity index (χ2n) is 2.42. The van der Waals surface area contributed by atoms with Crippen molar-refractivity contribution in [3.05, 3.63) is 35.4 Å².